The van der Waals surface area contributed by atoms with Gasteiger partial charge in [0.05, 0.1) is 11.1 Å². The Kier molecular flexibility index (Phi) is 7.58. The van der Waals surface area contributed by atoms with Gasteiger partial charge in [0.25, 0.3) is 6.29 Å². The Balaban J connectivity index is 1.85. The number of hydrogen-bond acceptors (Lipinski definition) is 7. The van der Waals surface area contributed by atoms with E-state index in [4.69, 9.17) is 24.3 Å². The van der Waals surface area contributed by atoms with Crippen molar-refractivity contribution in [3.63, 3.8) is 0 Å². The standard InChI is InChI=1S/C18H18O7/c1-2-21-13-16(22-24-17(19)14-9-5-3-6-10-14)23-25-18(20)15-11-7-4-8-12-15/h3-12,16H,2,13H2,1H3. The van der Waals surface area contributed by atoms with Gasteiger partial charge < -0.3 is 4.74 Å². The van der Waals surface area contributed by atoms with Crippen molar-refractivity contribution in [2.45, 2.75) is 13.2 Å². The van der Waals surface area contributed by atoms with E-state index in [0.29, 0.717) is 17.7 Å². The molecule has 2 aromatic carbocycles. The largest absolute Gasteiger partial charge is 0.376 e. The van der Waals surface area contributed by atoms with E-state index < -0.39 is 18.2 Å². The molecule has 2 rings (SSSR count). The first-order valence-electron chi connectivity index (χ1n) is 7.64. The summed E-state index contributed by atoms with van der Waals surface area (Å²) < 4.78 is 5.14. The highest BCUT2D eigenvalue weighted by Crippen LogP contribution is 2.07. The smallest absolute Gasteiger partial charge is 0.373 e. The predicted molar refractivity (Wildman–Crippen MR) is 86.2 cm³/mol. The molecular weight excluding hydrogens is 328 g/mol. The molecular formula is C18H18O7. The number of hydrogen-bond donors (Lipinski definition) is 0. The third-order valence-corrected chi connectivity index (χ3v) is 2.94. The van der Waals surface area contributed by atoms with Crippen LogP contribution in [0.4, 0.5) is 0 Å². The van der Waals surface area contributed by atoms with Gasteiger partial charge in [0.1, 0.15) is 6.61 Å². The van der Waals surface area contributed by atoms with Crippen LogP contribution in [0.3, 0.4) is 0 Å². The van der Waals surface area contributed by atoms with Gasteiger partial charge in [0.15, 0.2) is 0 Å². The predicted octanol–water partition coefficient (Wildman–Crippen LogP) is 2.93. The zero-order valence-electron chi connectivity index (χ0n) is 13.6. The van der Waals surface area contributed by atoms with Crippen LogP contribution in [0.15, 0.2) is 60.7 Å². The summed E-state index contributed by atoms with van der Waals surface area (Å²) >= 11 is 0. The van der Waals surface area contributed by atoms with Crippen molar-refractivity contribution >= 4 is 11.9 Å². The van der Waals surface area contributed by atoms with Crippen molar-refractivity contribution in [2.75, 3.05) is 13.2 Å². The maximum absolute atomic E-state index is 11.8. The molecule has 0 aliphatic rings. The van der Waals surface area contributed by atoms with Crippen LogP contribution in [-0.2, 0) is 24.3 Å². The van der Waals surface area contributed by atoms with Crippen LogP contribution in [0, 0.1) is 0 Å². The number of benzene rings is 2. The topological polar surface area (TPSA) is 80.3 Å². The molecule has 0 heterocycles. The van der Waals surface area contributed by atoms with E-state index in [1.54, 1.807) is 67.6 Å². The minimum atomic E-state index is -1.22. The second-order valence-corrected chi connectivity index (χ2v) is 4.76. The molecule has 0 fully saturated rings. The molecule has 0 atom stereocenters. The molecule has 0 unspecified atom stereocenters. The summed E-state index contributed by atoms with van der Waals surface area (Å²) in [5.74, 6) is -1.42. The first kappa shape index (κ1) is 18.6. The zero-order valence-corrected chi connectivity index (χ0v) is 13.6. The molecule has 0 aromatic heterocycles. The van der Waals surface area contributed by atoms with E-state index in [1.165, 1.54) is 0 Å². The quantitative estimate of drug-likeness (QED) is 0.392. The van der Waals surface area contributed by atoms with Crippen molar-refractivity contribution in [2.24, 2.45) is 0 Å². The van der Waals surface area contributed by atoms with Crippen molar-refractivity contribution in [1.82, 2.24) is 0 Å². The van der Waals surface area contributed by atoms with Gasteiger partial charge in [-0.2, -0.15) is 0 Å². The third-order valence-electron chi connectivity index (χ3n) is 2.94. The summed E-state index contributed by atoms with van der Waals surface area (Å²) in [5.41, 5.74) is 0.609. The van der Waals surface area contributed by atoms with Gasteiger partial charge in [-0.1, -0.05) is 36.4 Å². The molecule has 132 valence electrons. The van der Waals surface area contributed by atoms with Crippen LogP contribution >= 0.6 is 0 Å². The number of ether oxygens (including phenoxy) is 1. The fourth-order valence-corrected chi connectivity index (χ4v) is 1.73. The fourth-order valence-electron chi connectivity index (χ4n) is 1.73. The van der Waals surface area contributed by atoms with E-state index in [9.17, 15) is 9.59 Å². The normalized spacial score (nSPS) is 10.5. The van der Waals surface area contributed by atoms with Gasteiger partial charge >= 0.3 is 11.9 Å². The third kappa shape index (κ3) is 6.34. The van der Waals surface area contributed by atoms with Crippen LogP contribution in [0.2, 0.25) is 0 Å². The Morgan fingerprint density at radius 1 is 0.800 bits per heavy atom. The van der Waals surface area contributed by atoms with E-state index in [0.717, 1.165) is 0 Å². The first-order chi connectivity index (χ1) is 12.2. The van der Waals surface area contributed by atoms with Gasteiger partial charge in [-0.15, -0.1) is 9.78 Å². The second kappa shape index (κ2) is 10.2. The lowest BCUT2D eigenvalue weighted by Gasteiger charge is -2.15. The Bertz CT molecular complexity index is 602. The lowest BCUT2D eigenvalue weighted by Crippen LogP contribution is -2.26. The lowest BCUT2D eigenvalue weighted by molar-refractivity contribution is -0.426. The molecule has 25 heavy (non-hydrogen) atoms. The average Bonchev–Trinajstić information content (AvgIpc) is 2.68. The molecule has 0 saturated heterocycles. The Hall–Kier alpha value is -2.74. The first-order valence-corrected chi connectivity index (χ1v) is 7.64. The molecule has 7 heteroatoms. The summed E-state index contributed by atoms with van der Waals surface area (Å²) in [5, 5.41) is 0. The summed E-state index contributed by atoms with van der Waals surface area (Å²) in [6.45, 7) is 2.05. The molecule has 0 N–H and O–H groups in total. The lowest BCUT2D eigenvalue weighted by atomic mass is 10.2. The van der Waals surface area contributed by atoms with Crippen LogP contribution in [0.25, 0.3) is 0 Å². The van der Waals surface area contributed by atoms with Gasteiger partial charge in [-0.25, -0.2) is 9.59 Å². The molecule has 2 aromatic rings. The average molecular weight is 346 g/mol. The van der Waals surface area contributed by atoms with Crippen molar-refractivity contribution < 1.29 is 33.9 Å². The van der Waals surface area contributed by atoms with Crippen LogP contribution in [-0.4, -0.2) is 31.4 Å². The van der Waals surface area contributed by atoms with Crippen LogP contribution < -0.4 is 0 Å². The van der Waals surface area contributed by atoms with Gasteiger partial charge in [0, 0.05) is 6.61 Å². The summed E-state index contributed by atoms with van der Waals surface area (Å²) in [4.78, 5) is 42.8. The van der Waals surface area contributed by atoms with E-state index in [-0.39, 0.29) is 6.61 Å². The summed E-state index contributed by atoms with van der Waals surface area (Å²) in [6.07, 6.45) is -1.22. The Labute approximate surface area is 144 Å². The van der Waals surface area contributed by atoms with Gasteiger partial charge in [-0.05, 0) is 31.2 Å². The highest BCUT2D eigenvalue weighted by atomic mass is 17.3. The zero-order chi connectivity index (χ0) is 17.9. The maximum atomic E-state index is 11.8. The van der Waals surface area contributed by atoms with Crippen LogP contribution in [0.5, 0.6) is 0 Å². The summed E-state index contributed by atoms with van der Waals surface area (Å²) in [7, 11) is 0. The fraction of sp³-hybridized carbons (Fsp3) is 0.222. The van der Waals surface area contributed by atoms with Gasteiger partial charge in [0.2, 0.25) is 0 Å². The highest BCUT2D eigenvalue weighted by molar-refractivity contribution is 5.89. The second-order valence-electron chi connectivity index (χ2n) is 4.76. The van der Waals surface area contributed by atoms with Gasteiger partial charge in [-0.3, -0.25) is 9.78 Å². The Morgan fingerprint density at radius 3 is 1.64 bits per heavy atom. The Morgan fingerprint density at radius 2 is 1.24 bits per heavy atom. The number of carbonyl (C=O) groups is 2. The van der Waals surface area contributed by atoms with Crippen molar-refractivity contribution in [1.29, 1.82) is 0 Å². The molecule has 7 nitrogen and oxygen atoms in total. The molecule has 0 aliphatic heterocycles. The monoisotopic (exact) mass is 346 g/mol. The minimum Gasteiger partial charge on any atom is -0.376 e. The van der Waals surface area contributed by atoms with E-state index in [1.807, 2.05) is 0 Å². The van der Waals surface area contributed by atoms with E-state index in [2.05, 4.69) is 0 Å². The van der Waals surface area contributed by atoms with Crippen molar-refractivity contribution in [3.05, 3.63) is 71.8 Å². The number of carbonyl (C=O) groups excluding carboxylic acids is 2. The molecule has 0 bridgehead atoms. The SMILES string of the molecule is CCOCC(OOC(=O)c1ccccc1)OOC(=O)c1ccccc1. The molecule has 0 amide bonds. The highest BCUT2D eigenvalue weighted by Gasteiger charge is 2.19. The minimum absolute atomic E-state index is 0.0966. The summed E-state index contributed by atoms with van der Waals surface area (Å²) in [6, 6.07) is 16.6. The maximum Gasteiger partial charge on any atom is 0.373 e. The van der Waals surface area contributed by atoms with Crippen LogP contribution in [0.1, 0.15) is 27.6 Å². The molecule has 0 spiro atoms. The number of rotatable bonds is 9. The van der Waals surface area contributed by atoms with Crippen molar-refractivity contribution in [3.8, 4) is 0 Å². The molecule has 0 aliphatic carbocycles. The molecule has 0 saturated carbocycles. The van der Waals surface area contributed by atoms with E-state index >= 15 is 0 Å². The molecule has 0 radical (unpaired) electrons.